The summed E-state index contributed by atoms with van der Waals surface area (Å²) < 4.78 is 195. The highest BCUT2D eigenvalue weighted by Gasteiger charge is 2.48. The second-order valence-electron chi connectivity index (χ2n) is 20.6. The Bertz CT molecular complexity index is 3760. The fourth-order valence-corrected chi connectivity index (χ4v) is 13.3. The average molecular weight is 1280 g/mol. The summed E-state index contributed by atoms with van der Waals surface area (Å²) in [5.41, 5.74) is 0.459. The zero-order valence-electron chi connectivity index (χ0n) is 47.8. The quantitative estimate of drug-likeness (QED) is 0.0291. The Balaban J connectivity index is 1.23. The summed E-state index contributed by atoms with van der Waals surface area (Å²) in [4.78, 5) is 38.8. The number of carbonyl (C=O) groups excluding carboxylic acids is 3. The minimum Gasteiger partial charge on any atom is -0.744 e. The van der Waals surface area contributed by atoms with Gasteiger partial charge in [0.05, 0.1) is 106 Å². The lowest BCUT2D eigenvalue weighted by atomic mass is 9.76. The van der Waals surface area contributed by atoms with E-state index in [1.54, 1.807) is 51.3 Å². The molecule has 0 spiro atoms. The molecule has 27 nitrogen and oxygen atoms in total. The third kappa shape index (κ3) is 15.9. The standard InChI is InChI=1S/C55H69N3O24S4/c1-54(2)47(56(43-11-9-39-41(52(43)54)33-37(83(62,63)64)35-45(39)85(68,69)70)18-22-78-27-30-80-28-25-76-19-15-51(61)82-58-49(59)13-14-50(58)60)7-6-8-48-55(3,16-20-77-26-29-81-32-31-79-24-23-75-5)53-42-34-38(84(65,66)67)36-46(86(71,72)73)40(42)10-12-44(53)57(48)17-21-74-4/h6-12,33-36H,13-32H2,1-5H3,(H3-,62,63,64,65,66,67,68,69,70,71,72,73)/p-1. The third-order valence-corrected chi connectivity index (χ3v) is 18.0. The van der Waals surface area contributed by atoms with Crippen molar-refractivity contribution in [1.29, 1.82) is 0 Å². The number of anilines is 1. The Morgan fingerprint density at radius 2 is 1.14 bits per heavy atom. The van der Waals surface area contributed by atoms with E-state index in [0.717, 1.165) is 12.1 Å². The van der Waals surface area contributed by atoms with Gasteiger partial charge in [0.2, 0.25) is 5.69 Å². The number of amides is 2. The number of hydrogen-bond donors (Lipinski definition) is 2. The molecule has 0 bridgehead atoms. The number of nitrogens with zero attached hydrogens (tertiary/aromatic N) is 3. The van der Waals surface area contributed by atoms with Gasteiger partial charge in [0.25, 0.3) is 32.1 Å². The van der Waals surface area contributed by atoms with Gasteiger partial charge in [-0.25, -0.2) is 21.6 Å². The van der Waals surface area contributed by atoms with Gasteiger partial charge in [-0.3, -0.25) is 18.7 Å². The maximum atomic E-state index is 12.8. The van der Waals surface area contributed by atoms with Gasteiger partial charge in [-0.1, -0.05) is 12.1 Å². The van der Waals surface area contributed by atoms with Crippen molar-refractivity contribution in [3.05, 3.63) is 83.6 Å². The number of carbonyl (C=O) groups is 3. The molecule has 3 heterocycles. The second kappa shape index (κ2) is 28.6. The number of methoxy groups -OCH3 is 2. The number of ether oxygens (including phenoxy) is 8. The zero-order chi connectivity index (χ0) is 62.8. The maximum Gasteiger partial charge on any atom is 0.335 e. The average Bonchev–Trinajstić information content (AvgIpc) is 1.52. The predicted octanol–water partition coefficient (Wildman–Crippen LogP) is 3.67. The zero-order valence-corrected chi connectivity index (χ0v) is 51.1. The Kier molecular flexibility index (Phi) is 22.6. The summed E-state index contributed by atoms with van der Waals surface area (Å²) in [6, 6.07) is 9.35. The van der Waals surface area contributed by atoms with Gasteiger partial charge in [0.15, 0.2) is 12.3 Å². The van der Waals surface area contributed by atoms with Gasteiger partial charge < -0.3 is 56.7 Å². The summed E-state index contributed by atoms with van der Waals surface area (Å²) >= 11 is 0. The minimum absolute atomic E-state index is 0.0370. The van der Waals surface area contributed by atoms with Gasteiger partial charge in [-0.15, -0.1) is 5.06 Å². The number of fused-ring (bicyclic) bond motifs is 6. The van der Waals surface area contributed by atoms with E-state index in [9.17, 15) is 66.3 Å². The summed E-state index contributed by atoms with van der Waals surface area (Å²) in [5.74, 6) is -2.02. The molecule has 86 heavy (non-hydrogen) atoms. The highest BCUT2D eigenvalue weighted by Crippen LogP contribution is 2.54. The van der Waals surface area contributed by atoms with Crippen molar-refractivity contribution < 1.29 is 114 Å². The van der Waals surface area contributed by atoms with E-state index in [4.69, 9.17) is 42.7 Å². The van der Waals surface area contributed by atoms with Crippen LogP contribution in [-0.2, 0) is 108 Å². The molecule has 2 N–H and O–H groups in total. The SMILES string of the molecule is COCCOCCOCCOCCC1(C)C(=CC=CC2=[N+](CCOCCOCCOCCC(=O)ON3C(=O)CCC3=O)c3ccc4c(S(=O)(=O)O)cc(S(=O)(=O)[O-])cc4c3C2(C)C)N(CCOC)c2ccc3c(S(=O)(=O)[O-])cc(S(=O)(=O)O)cc3c21. The largest absolute Gasteiger partial charge is 0.744 e. The molecule has 1 fully saturated rings. The number of allylic oxidation sites excluding steroid dienone is 4. The highest BCUT2D eigenvalue weighted by atomic mass is 32.2. The smallest absolute Gasteiger partial charge is 0.335 e. The fraction of sp³-hybridized carbons (Fsp3) is 0.491. The van der Waals surface area contributed by atoms with Crippen molar-refractivity contribution >= 4 is 96.9 Å². The van der Waals surface area contributed by atoms with Crippen LogP contribution in [0.1, 0.15) is 57.6 Å². The molecular weight excluding hydrogens is 1210 g/mol. The topological polar surface area (TPSA) is 367 Å². The molecule has 0 aliphatic carbocycles. The van der Waals surface area contributed by atoms with Crippen LogP contribution in [0, 0.1) is 0 Å². The Labute approximate surface area is 498 Å². The van der Waals surface area contributed by atoms with Crippen LogP contribution >= 0.6 is 0 Å². The predicted molar refractivity (Wildman–Crippen MR) is 303 cm³/mol. The van der Waals surface area contributed by atoms with E-state index in [-0.39, 0.29) is 133 Å². The summed E-state index contributed by atoms with van der Waals surface area (Å²) in [6.45, 7) is 8.03. The first-order valence-electron chi connectivity index (χ1n) is 27.0. The first kappa shape index (κ1) is 67.8. The molecule has 0 radical (unpaired) electrons. The molecule has 4 aromatic rings. The summed E-state index contributed by atoms with van der Waals surface area (Å²) in [6.07, 6.45) is 5.10. The fourth-order valence-electron chi connectivity index (χ4n) is 10.6. The molecule has 4 aromatic carbocycles. The number of benzene rings is 4. The molecule has 0 saturated carbocycles. The Morgan fingerprint density at radius 3 is 1.71 bits per heavy atom. The van der Waals surface area contributed by atoms with Crippen LogP contribution < -0.4 is 4.90 Å². The van der Waals surface area contributed by atoms with Crippen LogP contribution in [-0.4, -0.2) is 205 Å². The van der Waals surface area contributed by atoms with Crippen LogP contribution in [0.3, 0.4) is 0 Å². The molecule has 3 aliphatic heterocycles. The van der Waals surface area contributed by atoms with Crippen molar-refractivity contribution in [3.63, 3.8) is 0 Å². The van der Waals surface area contributed by atoms with Gasteiger partial charge >= 0.3 is 5.97 Å². The molecule has 472 valence electrons. The highest BCUT2D eigenvalue weighted by molar-refractivity contribution is 7.87. The van der Waals surface area contributed by atoms with E-state index in [0.29, 0.717) is 70.9 Å². The van der Waals surface area contributed by atoms with Crippen molar-refractivity contribution in [3.8, 4) is 0 Å². The van der Waals surface area contributed by atoms with E-state index in [1.807, 2.05) is 16.4 Å². The van der Waals surface area contributed by atoms with E-state index in [2.05, 4.69) is 0 Å². The molecular formula is C55H68N3O24S4-. The second-order valence-corrected chi connectivity index (χ2v) is 26.1. The lowest BCUT2D eigenvalue weighted by molar-refractivity contribution is -0.442. The van der Waals surface area contributed by atoms with Crippen molar-refractivity contribution in [2.45, 2.75) is 76.9 Å². The summed E-state index contributed by atoms with van der Waals surface area (Å²) in [5, 5.41) is 0.349. The summed E-state index contributed by atoms with van der Waals surface area (Å²) in [7, 11) is -17.8. The van der Waals surface area contributed by atoms with Gasteiger partial charge in [-0.2, -0.15) is 21.4 Å². The normalized spacial score (nSPS) is 17.8. The van der Waals surface area contributed by atoms with E-state index >= 15 is 0 Å². The lowest BCUT2D eigenvalue weighted by Crippen LogP contribution is -2.32. The lowest BCUT2D eigenvalue weighted by Gasteiger charge is -2.31. The molecule has 1 atom stereocenters. The molecule has 7 rings (SSSR count). The van der Waals surface area contributed by atoms with E-state index in [1.165, 1.54) is 19.2 Å². The monoisotopic (exact) mass is 1280 g/mol. The number of hydroxylamine groups is 2. The first-order valence-corrected chi connectivity index (χ1v) is 32.7. The molecule has 2 amide bonds. The van der Waals surface area contributed by atoms with Crippen molar-refractivity contribution in [1.82, 2.24) is 5.06 Å². The molecule has 31 heteroatoms. The minimum atomic E-state index is -5.35. The molecule has 1 unspecified atom stereocenters. The van der Waals surface area contributed by atoms with Crippen LogP contribution in [0.2, 0.25) is 0 Å². The molecule has 3 aliphatic rings. The van der Waals surface area contributed by atoms with Crippen LogP contribution in [0.25, 0.3) is 21.5 Å². The van der Waals surface area contributed by atoms with Gasteiger partial charge in [-0.05, 0) is 91.4 Å². The Morgan fingerprint density at radius 1 is 0.616 bits per heavy atom. The van der Waals surface area contributed by atoms with Crippen molar-refractivity contribution in [2.24, 2.45) is 0 Å². The van der Waals surface area contributed by atoms with Crippen LogP contribution in [0.5, 0.6) is 0 Å². The van der Waals surface area contributed by atoms with E-state index < -0.39 is 88.7 Å². The van der Waals surface area contributed by atoms with Crippen LogP contribution in [0.15, 0.2) is 92.0 Å². The number of imide groups is 1. The van der Waals surface area contributed by atoms with Gasteiger partial charge in [0, 0.05) is 80.1 Å². The maximum absolute atomic E-state index is 12.8. The van der Waals surface area contributed by atoms with Gasteiger partial charge in [0.1, 0.15) is 31.7 Å². The number of rotatable bonds is 34. The van der Waals surface area contributed by atoms with Crippen molar-refractivity contribution in [2.75, 3.05) is 125 Å². The first-order chi connectivity index (χ1) is 40.5. The third-order valence-electron chi connectivity index (χ3n) is 14.6. The Hall–Kier alpha value is -5.72. The number of hydrogen-bond acceptors (Lipinski definition) is 23. The molecule has 1 saturated heterocycles. The molecule has 0 aromatic heterocycles. The van der Waals surface area contributed by atoms with Crippen LogP contribution in [0.4, 0.5) is 11.4 Å².